The van der Waals surface area contributed by atoms with E-state index in [0.717, 1.165) is 31.6 Å². The number of esters is 1. The molecule has 0 amide bonds. The Morgan fingerprint density at radius 1 is 1.45 bits per heavy atom. The van der Waals surface area contributed by atoms with Crippen LogP contribution in [-0.4, -0.2) is 49.1 Å². The molecule has 20 heavy (non-hydrogen) atoms. The van der Waals surface area contributed by atoms with Crippen LogP contribution in [0.4, 0.5) is 5.69 Å². The van der Waals surface area contributed by atoms with Crippen molar-refractivity contribution in [3.63, 3.8) is 0 Å². The lowest BCUT2D eigenvalue weighted by Gasteiger charge is -2.20. The van der Waals surface area contributed by atoms with E-state index in [1.807, 2.05) is 6.07 Å². The number of aromatic nitrogens is 1. The number of carbonyl (C=O) groups excluding carboxylic acids is 1. The van der Waals surface area contributed by atoms with Crippen LogP contribution in [0.5, 0.6) is 0 Å². The summed E-state index contributed by atoms with van der Waals surface area (Å²) in [7, 11) is 3.50. The molecule has 1 aromatic heterocycles. The van der Waals surface area contributed by atoms with Crippen LogP contribution in [0, 0.1) is 0 Å². The molecule has 0 unspecified atom stereocenters. The highest BCUT2D eigenvalue weighted by Crippen LogP contribution is 2.09. The van der Waals surface area contributed by atoms with E-state index in [-0.39, 0.29) is 0 Å². The van der Waals surface area contributed by atoms with Gasteiger partial charge in [-0.3, -0.25) is 0 Å². The summed E-state index contributed by atoms with van der Waals surface area (Å²) < 4.78 is 4.65. The standard InChI is InChI=1S/C15H25N3O2/c1-12(2)18(3)10-6-5-8-16-13-7-9-17-14(11-13)15(19)20-4/h7,9,11-12H,5-6,8,10H2,1-4H3,(H,16,17). The Morgan fingerprint density at radius 2 is 2.20 bits per heavy atom. The number of methoxy groups -OCH3 is 1. The van der Waals surface area contributed by atoms with Crippen molar-refractivity contribution in [1.82, 2.24) is 9.88 Å². The molecule has 0 radical (unpaired) electrons. The molecule has 0 spiro atoms. The van der Waals surface area contributed by atoms with Gasteiger partial charge in [0, 0.05) is 24.5 Å². The van der Waals surface area contributed by atoms with E-state index in [0.29, 0.717) is 11.7 Å². The number of hydrogen-bond acceptors (Lipinski definition) is 5. The van der Waals surface area contributed by atoms with Crippen LogP contribution in [0.25, 0.3) is 0 Å². The monoisotopic (exact) mass is 279 g/mol. The van der Waals surface area contributed by atoms with Crippen molar-refractivity contribution in [3.8, 4) is 0 Å². The van der Waals surface area contributed by atoms with Crippen molar-refractivity contribution in [3.05, 3.63) is 24.0 Å². The van der Waals surface area contributed by atoms with Gasteiger partial charge in [-0.1, -0.05) is 0 Å². The van der Waals surface area contributed by atoms with Crippen LogP contribution in [-0.2, 0) is 4.74 Å². The smallest absolute Gasteiger partial charge is 0.356 e. The zero-order chi connectivity index (χ0) is 15.0. The lowest BCUT2D eigenvalue weighted by Crippen LogP contribution is -2.27. The molecule has 1 rings (SSSR count). The lowest BCUT2D eigenvalue weighted by molar-refractivity contribution is 0.0594. The molecule has 5 nitrogen and oxygen atoms in total. The first-order chi connectivity index (χ1) is 9.54. The molecule has 112 valence electrons. The molecule has 1 aromatic rings. The summed E-state index contributed by atoms with van der Waals surface area (Å²) in [6.07, 6.45) is 3.85. The molecule has 0 saturated heterocycles. The zero-order valence-electron chi connectivity index (χ0n) is 12.8. The highest BCUT2D eigenvalue weighted by Gasteiger charge is 2.07. The topological polar surface area (TPSA) is 54.5 Å². The van der Waals surface area contributed by atoms with Crippen LogP contribution in [0.3, 0.4) is 0 Å². The van der Waals surface area contributed by atoms with E-state index in [4.69, 9.17) is 0 Å². The van der Waals surface area contributed by atoms with Gasteiger partial charge in [-0.2, -0.15) is 0 Å². The first-order valence-electron chi connectivity index (χ1n) is 7.03. The molecule has 0 aliphatic heterocycles. The summed E-state index contributed by atoms with van der Waals surface area (Å²) >= 11 is 0. The highest BCUT2D eigenvalue weighted by atomic mass is 16.5. The molecular weight excluding hydrogens is 254 g/mol. The average molecular weight is 279 g/mol. The van der Waals surface area contributed by atoms with E-state index >= 15 is 0 Å². The normalized spacial score (nSPS) is 10.9. The molecule has 0 aliphatic rings. The van der Waals surface area contributed by atoms with Crippen molar-refractivity contribution in [2.75, 3.05) is 32.6 Å². The minimum atomic E-state index is -0.410. The van der Waals surface area contributed by atoms with Gasteiger partial charge in [-0.25, -0.2) is 9.78 Å². The Labute approximate surface area is 121 Å². The van der Waals surface area contributed by atoms with E-state index in [1.165, 1.54) is 7.11 Å². The van der Waals surface area contributed by atoms with Gasteiger partial charge in [-0.05, 0) is 52.4 Å². The van der Waals surface area contributed by atoms with Crippen LogP contribution in [0.1, 0.15) is 37.2 Å². The van der Waals surface area contributed by atoms with Crippen molar-refractivity contribution in [2.45, 2.75) is 32.7 Å². The molecule has 1 heterocycles. The lowest BCUT2D eigenvalue weighted by atomic mass is 10.2. The van der Waals surface area contributed by atoms with Gasteiger partial charge in [0.25, 0.3) is 0 Å². The number of anilines is 1. The Kier molecular flexibility index (Phi) is 7.01. The van der Waals surface area contributed by atoms with Gasteiger partial charge in [0.15, 0.2) is 0 Å². The first kappa shape index (κ1) is 16.4. The fourth-order valence-electron chi connectivity index (χ4n) is 1.73. The fourth-order valence-corrected chi connectivity index (χ4v) is 1.73. The summed E-state index contributed by atoms with van der Waals surface area (Å²) in [5.41, 5.74) is 1.23. The van der Waals surface area contributed by atoms with E-state index in [1.54, 1.807) is 12.3 Å². The molecule has 5 heteroatoms. The quantitative estimate of drug-likeness (QED) is 0.585. The number of rotatable bonds is 8. The third kappa shape index (κ3) is 5.57. The Morgan fingerprint density at radius 3 is 2.85 bits per heavy atom. The number of nitrogens with one attached hydrogen (secondary N) is 1. The molecule has 1 N–H and O–H groups in total. The molecule has 0 atom stereocenters. The van der Waals surface area contributed by atoms with Gasteiger partial charge >= 0.3 is 5.97 Å². The predicted molar refractivity (Wildman–Crippen MR) is 81.1 cm³/mol. The van der Waals surface area contributed by atoms with Gasteiger partial charge in [-0.15, -0.1) is 0 Å². The maximum Gasteiger partial charge on any atom is 0.356 e. The predicted octanol–water partition coefficient (Wildman–Crippen LogP) is 2.40. The SMILES string of the molecule is COC(=O)c1cc(NCCCCN(C)C(C)C)ccn1. The summed E-state index contributed by atoms with van der Waals surface area (Å²) in [5.74, 6) is -0.410. The number of unbranched alkanes of at least 4 members (excludes halogenated alkanes) is 1. The maximum atomic E-state index is 11.4. The fraction of sp³-hybridized carbons (Fsp3) is 0.600. The molecule has 0 saturated carbocycles. The molecule has 0 bridgehead atoms. The number of carbonyl (C=O) groups is 1. The Hall–Kier alpha value is -1.62. The van der Waals surface area contributed by atoms with Crippen molar-refractivity contribution in [2.24, 2.45) is 0 Å². The number of ether oxygens (including phenoxy) is 1. The second-order valence-corrected chi connectivity index (χ2v) is 5.13. The van der Waals surface area contributed by atoms with Crippen molar-refractivity contribution >= 4 is 11.7 Å². The minimum Gasteiger partial charge on any atom is -0.464 e. The molecule has 0 fully saturated rings. The van der Waals surface area contributed by atoms with Crippen LogP contribution < -0.4 is 5.32 Å². The van der Waals surface area contributed by atoms with Crippen molar-refractivity contribution < 1.29 is 9.53 Å². The molecule has 0 aliphatic carbocycles. The van der Waals surface area contributed by atoms with Gasteiger partial charge in [0.05, 0.1) is 7.11 Å². The Bertz CT molecular complexity index is 421. The average Bonchev–Trinajstić information content (AvgIpc) is 2.46. The summed E-state index contributed by atoms with van der Waals surface area (Å²) in [5, 5.41) is 3.30. The Balaban J connectivity index is 2.30. The zero-order valence-corrected chi connectivity index (χ0v) is 12.8. The van der Waals surface area contributed by atoms with Crippen LogP contribution in [0.15, 0.2) is 18.3 Å². The minimum absolute atomic E-state index is 0.331. The van der Waals surface area contributed by atoms with E-state index < -0.39 is 5.97 Å². The molecular formula is C15H25N3O2. The number of nitrogens with zero attached hydrogens (tertiary/aromatic N) is 2. The second-order valence-electron chi connectivity index (χ2n) is 5.13. The highest BCUT2D eigenvalue weighted by molar-refractivity contribution is 5.88. The van der Waals surface area contributed by atoms with Crippen molar-refractivity contribution in [1.29, 1.82) is 0 Å². The van der Waals surface area contributed by atoms with E-state index in [9.17, 15) is 4.79 Å². The summed E-state index contributed by atoms with van der Waals surface area (Å²) in [6, 6.07) is 4.16. The maximum absolute atomic E-state index is 11.4. The summed E-state index contributed by atoms with van der Waals surface area (Å²) in [6.45, 7) is 6.38. The van der Waals surface area contributed by atoms with Gasteiger partial charge in [0.2, 0.25) is 0 Å². The van der Waals surface area contributed by atoms with E-state index in [2.05, 4.69) is 40.8 Å². The summed E-state index contributed by atoms with van der Waals surface area (Å²) in [4.78, 5) is 17.7. The van der Waals surface area contributed by atoms with Gasteiger partial charge in [0.1, 0.15) is 5.69 Å². The van der Waals surface area contributed by atoms with Gasteiger partial charge < -0.3 is 15.0 Å². The first-order valence-corrected chi connectivity index (χ1v) is 7.03. The van der Waals surface area contributed by atoms with Crippen LogP contribution in [0.2, 0.25) is 0 Å². The number of hydrogen-bond donors (Lipinski definition) is 1. The van der Waals surface area contributed by atoms with Crippen LogP contribution >= 0.6 is 0 Å². The largest absolute Gasteiger partial charge is 0.464 e. The third-order valence-electron chi connectivity index (χ3n) is 3.30. The number of pyridine rings is 1. The molecule has 0 aromatic carbocycles. The third-order valence-corrected chi connectivity index (χ3v) is 3.30. The second kappa shape index (κ2) is 8.53.